The van der Waals surface area contributed by atoms with Crippen LogP contribution in [0.5, 0.6) is 11.5 Å². The van der Waals surface area contributed by atoms with Gasteiger partial charge in [-0.1, -0.05) is 42.5 Å². The molecule has 0 aromatic heterocycles. The van der Waals surface area contributed by atoms with Gasteiger partial charge in [0.1, 0.15) is 18.2 Å². The van der Waals surface area contributed by atoms with E-state index in [1.807, 2.05) is 42.5 Å². The van der Waals surface area contributed by atoms with Crippen LogP contribution in [-0.2, 0) is 11.4 Å². The third-order valence-electron chi connectivity index (χ3n) is 5.44. The summed E-state index contributed by atoms with van der Waals surface area (Å²) < 4.78 is 11.2. The lowest BCUT2D eigenvalue weighted by Crippen LogP contribution is -2.13. The summed E-state index contributed by atoms with van der Waals surface area (Å²) >= 11 is 0. The molecule has 4 rings (SSSR count). The highest BCUT2D eigenvalue weighted by molar-refractivity contribution is 6.12. The molecule has 4 aromatic carbocycles. The van der Waals surface area contributed by atoms with Crippen LogP contribution in [0, 0.1) is 21.4 Å². The van der Waals surface area contributed by atoms with Crippen molar-refractivity contribution in [1.82, 2.24) is 0 Å². The second-order valence-electron chi connectivity index (χ2n) is 7.77. The molecule has 0 saturated carbocycles. The number of ether oxygens (including phenoxy) is 2. The first-order chi connectivity index (χ1) is 17.5. The molecule has 0 atom stereocenters. The molecule has 0 unspecified atom stereocenters. The summed E-state index contributed by atoms with van der Waals surface area (Å²) in [5, 5.41) is 25.1. The van der Waals surface area contributed by atoms with Crippen molar-refractivity contribution in [2.24, 2.45) is 0 Å². The fourth-order valence-corrected chi connectivity index (χ4v) is 3.61. The number of hydrogen-bond acceptors (Lipinski definition) is 6. The van der Waals surface area contributed by atoms with Crippen LogP contribution in [-0.4, -0.2) is 17.9 Å². The molecule has 0 aliphatic rings. The third kappa shape index (κ3) is 5.48. The molecular formula is C28H21N3O5. The molecule has 0 fully saturated rings. The highest BCUT2D eigenvalue weighted by Gasteiger charge is 2.13. The van der Waals surface area contributed by atoms with E-state index in [2.05, 4.69) is 5.32 Å². The number of anilines is 1. The number of non-ortho nitro benzene ring substituents is 1. The van der Waals surface area contributed by atoms with Crippen LogP contribution in [0.1, 0.15) is 11.1 Å². The van der Waals surface area contributed by atoms with Crippen LogP contribution < -0.4 is 14.8 Å². The fraction of sp³-hybridized carbons (Fsp3) is 0.0714. The molecule has 0 bridgehead atoms. The number of hydrogen-bond donors (Lipinski definition) is 1. The summed E-state index contributed by atoms with van der Waals surface area (Å²) in [7, 11) is 1.49. The summed E-state index contributed by atoms with van der Waals surface area (Å²) in [6.45, 7) is 0.181. The minimum absolute atomic E-state index is 0.00487. The number of nitriles is 1. The Balaban J connectivity index is 1.50. The molecule has 4 aromatic rings. The maximum absolute atomic E-state index is 12.8. The zero-order valence-electron chi connectivity index (χ0n) is 19.3. The van der Waals surface area contributed by atoms with Gasteiger partial charge in [0, 0.05) is 23.2 Å². The van der Waals surface area contributed by atoms with E-state index in [1.165, 1.54) is 25.3 Å². The van der Waals surface area contributed by atoms with Gasteiger partial charge in [-0.25, -0.2) is 0 Å². The summed E-state index contributed by atoms with van der Waals surface area (Å²) in [4.78, 5) is 23.2. The summed E-state index contributed by atoms with van der Waals surface area (Å²) in [5.74, 6) is 0.343. The Morgan fingerprint density at radius 1 is 1.03 bits per heavy atom. The van der Waals surface area contributed by atoms with Crippen molar-refractivity contribution in [2.75, 3.05) is 12.4 Å². The van der Waals surface area contributed by atoms with E-state index >= 15 is 0 Å². The van der Waals surface area contributed by atoms with Gasteiger partial charge < -0.3 is 14.8 Å². The zero-order chi connectivity index (χ0) is 25.5. The van der Waals surface area contributed by atoms with Gasteiger partial charge >= 0.3 is 0 Å². The second-order valence-corrected chi connectivity index (χ2v) is 7.77. The molecule has 1 N–H and O–H groups in total. The van der Waals surface area contributed by atoms with E-state index in [9.17, 15) is 20.2 Å². The predicted octanol–water partition coefficient (Wildman–Crippen LogP) is 5.88. The Hall–Kier alpha value is -5.16. The van der Waals surface area contributed by atoms with Gasteiger partial charge in [-0.2, -0.15) is 5.26 Å². The van der Waals surface area contributed by atoms with Crippen molar-refractivity contribution in [3.05, 3.63) is 112 Å². The van der Waals surface area contributed by atoms with Crippen molar-refractivity contribution >= 4 is 34.1 Å². The largest absolute Gasteiger partial charge is 0.493 e. The number of benzene rings is 4. The summed E-state index contributed by atoms with van der Waals surface area (Å²) in [6, 6.07) is 26.3. The number of nitro groups is 1. The van der Waals surface area contributed by atoms with Crippen LogP contribution in [0.25, 0.3) is 16.8 Å². The van der Waals surface area contributed by atoms with Crippen molar-refractivity contribution in [2.45, 2.75) is 6.61 Å². The molecule has 0 heterocycles. The number of carbonyl (C=O) groups excluding carboxylic acids is 1. The van der Waals surface area contributed by atoms with Gasteiger partial charge in [0.15, 0.2) is 11.5 Å². The molecule has 178 valence electrons. The lowest BCUT2D eigenvalue weighted by atomic mass is 10.1. The third-order valence-corrected chi connectivity index (χ3v) is 5.44. The topological polar surface area (TPSA) is 114 Å². The molecule has 0 spiro atoms. The number of amides is 1. The number of fused-ring (bicyclic) bond motifs is 1. The molecule has 36 heavy (non-hydrogen) atoms. The lowest BCUT2D eigenvalue weighted by Gasteiger charge is -2.12. The quantitative estimate of drug-likeness (QED) is 0.146. The first kappa shape index (κ1) is 24.0. The monoisotopic (exact) mass is 479 g/mol. The maximum atomic E-state index is 12.8. The van der Waals surface area contributed by atoms with Gasteiger partial charge in [-0.15, -0.1) is 0 Å². The SMILES string of the molecule is COc1cc(/C=C(\C#N)C(=O)Nc2cccc3ccccc23)ccc1OCc1ccc([N+](=O)[O-])cc1. The Kier molecular flexibility index (Phi) is 7.22. The highest BCUT2D eigenvalue weighted by atomic mass is 16.6. The van der Waals surface area contributed by atoms with Crippen molar-refractivity contribution in [1.29, 1.82) is 5.26 Å². The predicted molar refractivity (Wildman–Crippen MR) is 137 cm³/mol. The Morgan fingerprint density at radius 3 is 2.50 bits per heavy atom. The molecule has 0 radical (unpaired) electrons. The molecule has 0 aliphatic heterocycles. The zero-order valence-corrected chi connectivity index (χ0v) is 19.3. The maximum Gasteiger partial charge on any atom is 0.269 e. The first-order valence-electron chi connectivity index (χ1n) is 10.9. The molecule has 8 nitrogen and oxygen atoms in total. The normalized spacial score (nSPS) is 10.9. The highest BCUT2D eigenvalue weighted by Crippen LogP contribution is 2.30. The Morgan fingerprint density at radius 2 is 1.78 bits per heavy atom. The average Bonchev–Trinajstić information content (AvgIpc) is 2.91. The van der Waals surface area contributed by atoms with Crippen molar-refractivity contribution < 1.29 is 19.2 Å². The standard InChI is InChI=1S/C28H21N3O5/c1-35-27-16-20(11-14-26(27)36-18-19-9-12-23(13-10-19)31(33)34)15-22(17-29)28(32)30-25-8-4-6-21-5-2-3-7-24(21)25/h2-16H,18H2,1H3,(H,30,32)/b22-15+. The number of methoxy groups -OCH3 is 1. The smallest absolute Gasteiger partial charge is 0.269 e. The van der Waals surface area contributed by atoms with E-state index in [4.69, 9.17) is 9.47 Å². The molecule has 1 amide bonds. The summed E-state index contributed by atoms with van der Waals surface area (Å²) in [5.41, 5.74) is 1.89. The minimum atomic E-state index is -0.522. The number of rotatable bonds is 8. The average molecular weight is 479 g/mol. The number of nitrogens with zero attached hydrogens (tertiary/aromatic N) is 2. The van der Waals surface area contributed by atoms with Gasteiger partial charge in [0.25, 0.3) is 11.6 Å². The second kappa shape index (κ2) is 10.8. The Bertz CT molecular complexity index is 1500. The van der Waals surface area contributed by atoms with E-state index in [0.29, 0.717) is 22.7 Å². The van der Waals surface area contributed by atoms with E-state index < -0.39 is 10.8 Å². The van der Waals surface area contributed by atoms with Gasteiger partial charge in [0.2, 0.25) is 0 Å². The Labute approximate surface area is 207 Å². The van der Waals surface area contributed by atoms with Gasteiger partial charge in [-0.3, -0.25) is 14.9 Å². The molecule has 0 saturated heterocycles. The van der Waals surface area contributed by atoms with E-state index in [0.717, 1.165) is 16.3 Å². The summed E-state index contributed by atoms with van der Waals surface area (Å²) in [6.07, 6.45) is 1.48. The molecular weight excluding hydrogens is 458 g/mol. The number of nitrogens with one attached hydrogen (secondary N) is 1. The van der Waals surface area contributed by atoms with Crippen molar-refractivity contribution in [3.8, 4) is 17.6 Å². The van der Waals surface area contributed by atoms with Crippen LogP contribution in [0.3, 0.4) is 0 Å². The van der Waals surface area contributed by atoms with E-state index in [-0.39, 0.29) is 17.9 Å². The minimum Gasteiger partial charge on any atom is -0.493 e. The van der Waals surface area contributed by atoms with Crippen LogP contribution in [0.15, 0.2) is 90.5 Å². The fourth-order valence-electron chi connectivity index (χ4n) is 3.61. The lowest BCUT2D eigenvalue weighted by molar-refractivity contribution is -0.384. The van der Waals surface area contributed by atoms with Crippen LogP contribution in [0.4, 0.5) is 11.4 Å². The molecule has 0 aliphatic carbocycles. The van der Waals surface area contributed by atoms with Crippen LogP contribution in [0.2, 0.25) is 0 Å². The van der Waals surface area contributed by atoms with Gasteiger partial charge in [0.05, 0.1) is 12.0 Å². The number of carbonyl (C=O) groups is 1. The van der Waals surface area contributed by atoms with E-state index in [1.54, 1.807) is 36.4 Å². The van der Waals surface area contributed by atoms with Crippen molar-refractivity contribution in [3.63, 3.8) is 0 Å². The first-order valence-corrected chi connectivity index (χ1v) is 10.9. The van der Waals surface area contributed by atoms with Crippen LogP contribution >= 0.6 is 0 Å². The van der Waals surface area contributed by atoms with Gasteiger partial charge in [-0.05, 0) is 52.9 Å². The number of nitro benzene ring substituents is 1. The molecule has 8 heteroatoms.